The standard InChI is InChI=1S/C14H10FNO3/c1-9-6-11(15)3-5-12(9)13-4-2-10(8-17)7-14(13)16(18)19/h2-8H,1H3. The number of aldehydes is 1. The van der Waals surface area contributed by atoms with Crippen molar-refractivity contribution in [3.8, 4) is 11.1 Å². The number of nitrogens with zero attached hydrogens (tertiary/aromatic N) is 1. The first-order chi connectivity index (χ1) is 9.02. The predicted molar refractivity (Wildman–Crippen MR) is 68.6 cm³/mol. The van der Waals surface area contributed by atoms with Gasteiger partial charge in [-0.15, -0.1) is 0 Å². The second kappa shape index (κ2) is 4.97. The largest absolute Gasteiger partial charge is 0.298 e. The smallest absolute Gasteiger partial charge is 0.277 e. The summed E-state index contributed by atoms with van der Waals surface area (Å²) in [4.78, 5) is 21.2. The first-order valence-corrected chi connectivity index (χ1v) is 5.53. The normalized spacial score (nSPS) is 10.2. The maximum atomic E-state index is 13.1. The van der Waals surface area contributed by atoms with Crippen LogP contribution >= 0.6 is 0 Å². The van der Waals surface area contributed by atoms with Crippen LogP contribution in [0.5, 0.6) is 0 Å². The molecule has 0 aliphatic rings. The molecule has 0 aliphatic heterocycles. The molecule has 0 spiro atoms. The molecular weight excluding hydrogens is 249 g/mol. The topological polar surface area (TPSA) is 60.2 Å². The van der Waals surface area contributed by atoms with Gasteiger partial charge in [0.2, 0.25) is 0 Å². The third-order valence-electron chi connectivity index (χ3n) is 2.83. The molecule has 0 heterocycles. The molecule has 0 saturated carbocycles. The van der Waals surface area contributed by atoms with Gasteiger partial charge in [0.1, 0.15) is 12.1 Å². The number of hydrogen-bond acceptors (Lipinski definition) is 3. The van der Waals surface area contributed by atoms with Gasteiger partial charge in [0.15, 0.2) is 0 Å². The quantitative estimate of drug-likeness (QED) is 0.481. The fourth-order valence-electron chi connectivity index (χ4n) is 1.93. The second-order valence-corrected chi connectivity index (χ2v) is 4.11. The monoisotopic (exact) mass is 259 g/mol. The first kappa shape index (κ1) is 12.9. The van der Waals surface area contributed by atoms with E-state index in [2.05, 4.69) is 0 Å². The van der Waals surface area contributed by atoms with E-state index in [1.54, 1.807) is 6.92 Å². The zero-order chi connectivity index (χ0) is 14.0. The van der Waals surface area contributed by atoms with Crippen LogP contribution < -0.4 is 0 Å². The van der Waals surface area contributed by atoms with E-state index in [1.165, 1.54) is 36.4 Å². The number of hydrogen-bond donors (Lipinski definition) is 0. The minimum atomic E-state index is -0.550. The number of nitro groups is 1. The van der Waals surface area contributed by atoms with Crippen LogP contribution in [-0.2, 0) is 0 Å². The Morgan fingerprint density at radius 2 is 1.84 bits per heavy atom. The molecule has 19 heavy (non-hydrogen) atoms. The van der Waals surface area contributed by atoms with E-state index in [0.29, 0.717) is 23.0 Å². The Balaban J connectivity index is 2.67. The number of rotatable bonds is 3. The van der Waals surface area contributed by atoms with Crippen LogP contribution in [0.3, 0.4) is 0 Å². The molecule has 5 heteroatoms. The summed E-state index contributed by atoms with van der Waals surface area (Å²) in [6, 6.07) is 8.27. The minimum absolute atomic E-state index is 0.167. The molecular formula is C14H10FNO3. The fraction of sp³-hybridized carbons (Fsp3) is 0.0714. The van der Waals surface area contributed by atoms with Crippen molar-refractivity contribution in [2.45, 2.75) is 6.92 Å². The molecule has 2 aromatic carbocycles. The lowest BCUT2D eigenvalue weighted by atomic mass is 9.98. The summed E-state index contributed by atoms with van der Waals surface area (Å²) in [6.07, 6.45) is 0.550. The van der Waals surface area contributed by atoms with E-state index >= 15 is 0 Å². The van der Waals surface area contributed by atoms with E-state index < -0.39 is 10.7 Å². The average Bonchev–Trinajstić information content (AvgIpc) is 2.38. The zero-order valence-corrected chi connectivity index (χ0v) is 10.1. The van der Waals surface area contributed by atoms with Crippen molar-refractivity contribution in [1.82, 2.24) is 0 Å². The fourth-order valence-corrected chi connectivity index (χ4v) is 1.93. The summed E-state index contributed by atoms with van der Waals surface area (Å²) in [6.45, 7) is 1.68. The highest BCUT2D eigenvalue weighted by Crippen LogP contribution is 2.32. The molecule has 0 bridgehead atoms. The van der Waals surface area contributed by atoms with Gasteiger partial charge in [-0.05, 0) is 36.2 Å². The van der Waals surface area contributed by atoms with Gasteiger partial charge in [0, 0.05) is 11.6 Å². The number of halogens is 1. The highest BCUT2D eigenvalue weighted by molar-refractivity contribution is 5.83. The molecule has 0 aliphatic carbocycles. The molecule has 96 valence electrons. The Labute approximate surface area is 108 Å². The van der Waals surface area contributed by atoms with Crippen molar-refractivity contribution in [1.29, 1.82) is 0 Å². The molecule has 0 amide bonds. The maximum absolute atomic E-state index is 13.1. The molecule has 0 aromatic heterocycles. The summed E-state index contributed by atoms with van der Waals surface area (Å²) in [5, 5.41) is 11.1. The lowest BCUT2D eigenvalue weighted by molar-refractivity contribution is -0.384. The Kier molecular flexibility index (Phi) is 3.37. The van der Waals surface area contributed by atoms with Gasteiger partial charge in [-0.25, -0.2) is 4.39 Å². The van der Waals surface area contributed by atoms with Gasteiger partial charge >= 0.3 is 0 Å². The lowest BCUT2D eigenvalue weighted by Gasteiger charge is -2.07. The van der Waals surface area contributed by atoms with Gasteiger partial charge in [-0.3, -0.25) is 14.9 Å². The number of nitro benzene ring substituents is 1. The van der Waals surface area contributed by atoms with Crippen molar-refractivity contribution >= 4 is 12.0 Å². The molecule has 2 rings (SSSR count). The molecule has 0 atom stereocenters. The van der Waals surface area contributed by atoms with Gasteiger partial charge in [0.25, 0.3) is 5.69 Å². The minimum Gasteiger partial charge on any atom is -0.298 e. The van der Waals surface area contributed by atoms with Gasteiger partial charge in [0.05, 0.1) is 10.5 Å². The van der Waals surface area contributed by atoms with Crippen LogP contribution in [0.1, 0.15) is 15.9 Å². The third-order valence-corrected chi connectivity index (χ3v) is 2.83. The Hall–Kier alpha value is -2.56. The molecule has 4 nitrogen and oxygen atoms in total. The van der Waals surface area contributed by atoms with E-state index in [1.807, 2.05) is 0 Å². The van der Waals surface area contributed by atoms with Crippen LogP contribution in [0.15, 0.2) is 36.4 Å². The molecule has 0 saturated heterocycles. The highest BCUT2D eigenvalue weighted by atomic mass is 19.1. The van der Waals surface area contributed by atoms with E-state index in [9.17, 15) is 19.3 Å². The van der Waals surface area contributed by atoms with Crippen LogP contribution in [0.2, 0.25) is 0 Å². The third kappa shape index (κ3) is 2.49. The predicted octanol–water partition coefficient (Wildman–Crippen LogP) is 3.52. The molecule has 0 radical (unpaired) electrons. The van der Waals surface area contributed by atoms with E-state index in [4.69, 9.17) is 0 Å². The summed E-state index contributed by atoms with van der Waals surface area (Å²) < 4.78 is 13.1. The van der Waals surface area contributed by atoms with E-state index in [0.717, 1.165) is 0 Å². The van der Waals surface area contributed by atoms with Crippen molar-refractivity contribution in [3.05, 3.63) is 63.5 Å². The van der Waals surface area contributed by atoms with Crippen molar-refractivity contribution in [2.24, 2.45) is 0 Å². The highest BCUT2D eigenvalue weighted by Gasteiger charge is 2.17. The van der Waals surface area contributed by atoms with Crippen LogP contribution in [0, 0.1) is 22.9 Å². The van der Waals surface area contributed by atoms with Gasteiger partial charge in [-0.1, -0.05) is 12.1 Å². The SMILES string of the molecule is Cc1cc(F)ccc1-c1ccc(C=O)cc1[N+](=O)[O-]. The number of carbonyl (C=O) groups is 1. The molecule has 0 unspecified atom stereocenters. The number of benzene rings is 2. The maximum Gasteiger partial charge on any atom is 0.277 e. The molecule has 0 N–H and O–H groups in total. The van der Waals surface area contributed by atoms with Gasteiger partial charge in [-0.2, -0.15) is 0 Å². The zero-order valence-electron chi connectivity index (χ0n) is 10.1. The molecule has 0 fully saturated rings. The van der Waals surface area contributed by atoms with Crippen molar-refractivity contribution in [2.75, 3.05) is 0 Å². The number of aryl methyl sites for hydroxylation is 1. The molecule has 2 aromatic rings. The van der Waals surface area contributed by atoms with Gasteiger partial charge < -0.3 is 0 Å². The second-order valence-electron chi connectivity index (χ2n) is 4.11. The lowest BCUT2D eigenvalue weighted by Crippen LogP contribution is -1.95. The van der Waals surface area contributed by atoms with Crippen LogP contribution in [-0.4, -0.2) is 11.2 Å². The summed E-state index contributed by atoms with van der Waals surface area (Å²) >= 11 is 0. The van der Waals surface area contributed by atoms with Crippen molar-refractivity contribution in [3.63, 3.8) is 0 Å². The van der Waals surface area contributed by atoms with Crippen molar-refractivity contribution < 1.29 is 14.1 Å². The van der Waals surface area contributed by atoms with Crippen LogP contribution in [0.4, 0.5) is 10.1 Å². The summed E-state index contributed by atoms with van der Waals surface area (Å²) in [5.74, 6) is -0.395. The van der Waals surface area contributed by atoms with E-state index in [-0.39, 0.29) is 11.3 Å². The average molecular weight is 259 g/mol. The Morgan fingerprint density at radius 1 is 1.16 bits per heavy atom. The first-order valence-electron chi connectivity index (χ1n) is 5.53. The number of carbonyl (C=O) groups excluding carboxylic acids is 1. The van der Waals surface area contributed by atoms with Crippen LogP contribution in [0.25, 0.3) is 11.1 Å². The summed E-state index contributed by atoms with van der Waals surface area (Å²) in [7, 11) is 0. The Bertz CT molecular complexity index is 668. The Morgan fingerprint density at radius 3 is 2.42 bits per heavy atom. The summed E-state index contributed by atoms with van der Waals surface area (Å²) in [5.41, 5.74) is 1.61.